The fraction of sp³-hybridized carbons (Fsp3) is 0.296. The molecule has 5 heteroatoms. The number of piperazine rings is 1. The molecule has 1 N–H and O–H groups in total. The van der Waals surface area contributed by atoms with Gasteiger partial charge in [-0.3, -0.25) is 9.88 Å². The van der Waals surface area contributed by atoms with Crippen LogP contribution in [-0.4, -0.2) is 60.2 Å². The number of benzene rings is 2. The van der Waals surface area contributed by atoms with Crippen molar-refractivity contribution in [2.45, 2.75) is 13.0 Å². The third-order valence-corrected chi connectivity index (χ3v) is 6.54. The van der Waals surface area contributed by atoms with E-state index in [0.29, 0.717) is 5.75 Å². The SMILES string of the molecule is COc1ccc(C2=CCc3ncc(-c4ccc(CN5CCN(C)CC5)cc4)cc32)cc1O. The van der Waals surface area contributed by atoms with Gasteiger partial charge < -0.3 is 14.7 Å². The lowest BCUT2D eigenvalue weighted by Crippen LogP contribution is -2.43. The monoisotopic (exact) mass is 427 g/mol. The van der Waals surface area contributed by atoms with Crippen LogP contribution < -0.4 is 4.74 Å². The Morgan fingerprint density at radius 2 is 1.69 bits per heavy atom. The van der Waals surface area contributed by atoms with Gasteiger partial charge in [0, 0.05) is 56.5 Å². The second kappa shape index (κ2) is 8.77. The Hall–Kier alpha value is -3.15. The fourth-order valence-electron chi connectivity index (χ4n) is 4.55. The molecule has 1 aliphatic heterocycles. The predicted octanol–water partition coefficient (Wildman–Crippen LogP) is 4.20. The van der Waals surface area contributed by atoms with Gasteiger partial charge in [0.2, 0.25) is 0 Å². The fourth-order valence-corrected chi connectivity index (χ4v) is 4.55. The van der Waals surface area contributed by atoms with Crippen LogP contribution in [0.1, 0.15) is 22.4 Å². The molecule has 1 aliphatic carbocycles. The van der Waals surface area contributed by atoms with Gasteiger partial charge in [0.1, 0.15) is 0 Å². The zero-order chi connectivity index (χ0) is 22.1. The van der Waals surface area contributed by atoms with Crippen molar-refractivity contribution in [3.8, 4) is 22.6 Å². The lowest BCUT2D eigenvalue weighted by atomic mass is 9.97. The van der Waals surface area contributed by atoms with Crippen LogP contribution in [0.2, 0.25) is 0 Å². The summed E-state index contributed by atoms with van der Waals surface area (Å²) in [4.78, 5) is 9.64. The van der Waals surface area contributed by atoms with Gasteiger partial charge in [-0.25, -0.2) is 0 Å². The van der Waals surface area contributed by atoms with Crippen LogP contribution >= 0.6 is 0 Å². The number of hydrogen-bond donors (Lipinski definition) is 1. The van der Waals surface area contributed by atoms with Crippen molar-refractivity contribution < 1.29 is 9.84 Å². The number of rotatable bonds is 5. The molecule has 5 rings (SSSR count). The molecule has 0 atom stereocenters. The summed E-state index contributed by atoms with van der Waals surface area (Å²) >= 11 is 0. The van der Waals surface area contributed by atoms with Crippen molar-refractivity contribution in [2.24, 2.45) is 0 Å². The minimum Gasteiger partial charge on any atom is -0.504 e. The molecule has 1 fully saturated rings. The van der Waals surface area contributed by atoms with Crippen molar-refractivity contribution >= 4 is 5.57 Å². The summed E-state index contributed by atoms with van der Waals surface area (Å²) in [5.41, 5.74) is 7.93. The Bertz CT molecular complexity index is 1150. The first-order valence-corrected chi connectivity index (χ1v) is 11.2. The summed E-state index contributed by atoms with van der Waals surface area (Å²) in [5, 5.41) is 10.2. The Morgan fingerprint density at radius 3 is 2.41 bits per heavy atom. The van der Waals surface area contributed by atoms with E-state index in [1.807, 2.05) is 12.3 Å². The lowest BCUT2D eigenvalue weighted by Gasteiger charge is -2.32. The average Bonchev–Trinajstić information content (AvgIpc) is 3.24. The van der Waals surface area contributed by atoms with Gasteiger partial charge in [-0.1, -0.05) is 36.4 Å². The van der Waals surface area contributed by atoms with E-state index in [1.54, 1.807) is 19.2 Å². The molecule has 2 aliphatic rings. The molecule has 32 heavy (non-hydrogen) atoms. The number of aromatic nitrogens is 1. The summed E-state index contributed by atoms with van der Waals surface area (Å²) in [5.74, 6) is 0.635. The number of methoxy groups -OCH3 is 1. The maximum absolute atomic E-state index is 10.2. The largest absolute Gasteiger partial charge is 0.504 e. The molecule has 3 aromatic rings. The predicted molar refractivity (Wildman–Crippen MR) is 128 cm³/mol. The minimum atomic E-state index is 0.152. The van der Waals surface area contributed by atoms with E-state index in [1.165, 1.54) is 11.1 Å². The number of aromatic hydroxyl groups is 1. The number of hydrogen-bond acceptors (Lipinski definition) is 5. The van der Waals surface area contributed by atoms with Crippen LogP contribution in [0.25, 0.3) is 16.7 Å². The van der Waals surface area contributed by atoms with Crippen LogP contribution in [0.5, 0.6) is 11.5 Å². The van der Waals surface area contributed by atoms with E-state index in [4.69, 9.17) is 9.72 Å². The number of ether oxygens (including phenoxy) is 1. The van der Waals surface area contributed by atoms with E-state index in [0.717, 1.165) is 67.1 Å². The van der Waals surface area contributed by atoms with Gasteiger partial charge in [0.15, 0.2) is 11.5 Å². The number of allylic oxidation sites excluding steroid dienone is 1. The summed E-state index contributed by atoms with van der Waals surface area (Å²) in [6, 6.07) is 16.6. The molecule has 0 unspecified atom stereocenters. The topological polar surface area (TPSA) is 48.8 Å². The summed E-state index contributed by atoms with van der Waals surface area (Å²) in [6.07, 6.45) is 4.96. The molecule has 1 saturated heterocycles. The molecule has 0 saturated carbocycles. The van der Waals surface area contributed by atoms with Crippen LogP contribution in [0.3, 0.4) is 0 Å². The standard InChI is InChI=1S/C27H29N3O2/c1-29-11-13-30(14-12-29)18-19-3-5-20(6-4-19)22-15-24-23(8-9-25(24)28-17-22)21-7-10-27(32-2)26(31)16-21/h3-8,10,15-17,31H,9,11-14,18H2,1-2H3. The average molecular weight is 428 g/mol. The number of phenolic OH excluding ortho intramolecular Hbond substituents is 1. The summed E-state index contributed by atoms with van der Waals surface area (Å²) in [6.45, 7) is 5.54. The van der Waals surface area contributed by atoms with E-state index in [9.17, 15) is 5.11 Å². The van der Waals surface area contributed by atoms with Gasteiger partial charge in [-0.05, 0) is 47.5 Å². The summed E-state index contributed by atoms with van der Waals surface area (Å²) in [7, 11) is 3.75. The molecular weight excluding hydrogens is 398 g/mol. The Balaban J connectivity index is 1.35. The van der Waals surface area contributed by atoms with E-state index in [-0.39, 0.29) is 5.75 Å². The Labute approximate surface area is 189 Å². The van der Waals surface area contributed by atoms with Crippen molar-refractivity contribution in [3.05, 3.63) is 83.2 Å². The van der Waals surface area contributed by atoms with Crippen molar-refractivity contribution in [2.75, 3.05) is 40.3 Å². The Morgan fingerprint density at radius 1 is 0.938 bits per heavy atom. The van der Waals surface area contributed by atoms with Crippen LogP contribution in [-0.2, 0) is 13.0 Å². The third kappa shape index (κ3) is 4.14. The van der Waals surface area contributed by atoms with Crippen molar-refractivity contribution in [3.63, 3.8) is 0 Å². The first kappa shape index (κ1) is 20.7. The van der Waals surface area contributed by atoms with Crippen LogP contribution in [0.4, 0.5) is 0 Å². The third-order valence-electron chi connectivity index (χ3n) is 6.54. The second-order valence-corrected chi connectivity index (χ2v) is 8.70. The van der Waals surface area contributed by atoms with Gasteiger partial charge in [0.25, 0.3) is 0 Å². The maximum Gasteiger partial charge on any atom is 0.160 e. The second-order valence-electron chi connectivity index (χ2n) is 8.70. The molecule has 0 spiro atoms. The molecule has 2 aromatic carbocycles. The highest BCUT2D eigenvalue weighted by molar-refractivity contribution is 5.86. The normalized spacial score (nSPS) is 16.6. The van der Waals surface area contributed by atoms with E-state index in [2.05, 4.69) is 53.3 Å². The quantitative estimate of drug-likeness (QED) is 0.661. The van der Waals surface area contributed by atoms with Gasteiger partial charge in [-0.15, -0.1) is 0 Å². The first-order valence-electron chi connectivity index (χ1n) is 11.2. The molecule has 164 valence electrons. The first-order chi connectivity index (χ1) is 15.6. The molecule has 2 heterocycles. The highest BCUT2D eigenvalue weighted by atomic mass is 16.5. The van der Waals surface area contributed by atoms with E-state index < -0.39 is 0 Å². The highest BCUT2D eigenvalue weighted by Gasteiger charge is 2.19. The van der Waals surface area contributed by atoms with Gasteiger partial charge in [-0.2, -0.15) is 0 Å². The van der Waals surface area contributed by atoms with Gasteiger partial charge in [0.05, 0.1) is 12.8 Å². The molecule has 0 amide bonds. The van der Waals surface area contributed by atoms with Crippen molar-refractivity contribution in [1.29, 1.82) is 0 Å². The maximum atomic E-state index is 10.2. The number of fused-ring (bicyclic) bond motifs is 1. The summed E-state index contributed by atoms with van der Waals surface area (Å²) < 4.78 is 5.18. The number of pyridine rings is 1. The number of phenols is 1. The van der Waals surface area contributed by atoms with Crippen LogP contribution in [0.15, 0.2) is 60.8 Å². The zero-order valence-corrected chi connectivity index (χ0v) is 18.7. The van der Waals surface area contributed by atoms with Gasteiger partial charge >= 0.3 is 0 Å². The zero-order valence-electron chi connectivity index (χ0n) is 18.7. The highest BCUT2D eigenvalue weighted by Crippen LogP contribution is 2.37. The minimum absolute atomic E-state index is 0.152. The van der Waals surface area contributed by atoms with Crippen molar-refractivity contribution in [1.82, 2.24) is 14.8 Å². The number of likely N-dealkylation sites (N-methyl/N-ethyl adjacent to an activating group) is 1. The number of nitrogens with zero attached hydrogens (tertiary/aromatic N) is 3. The Kier molecular flexibility index (Phi) is 5.68. The lowest BCUT2D eigenvalue weighted by molar-refractivity contribution is 0.148. The van der Waals surface area contributed by atoms with E-state index >= 15 is 0 Å². The molecule has 0 bridgehead atoms. The molecule has 0 radical (unpaired) electrons. The molecule has 1 aromatic heterocycles. The molecular formula is C27H29N3O2. The molecule has 5 nitrogen and oxygen atoms in total. The smallest absolute Gasteiger partial charge is 0.160 e. The van der Waals surface area contributed by atoms with Crippen LogP contribution in [0, 0.1) is 0 Å².